The quantitative estimate of drug-likeness (QED) is 0.890. The average molecular weight is 257 g/mol. The van der Waals surface area contributed by atoms with Crippen LogP contribution in [-0.4, -0.2) is 12.1 Å². The summed E-state index contributed by atoms with van der Waals surface area (Å²) >= 11 is 0. The topological polar surface area (TPSA) is 25.2 Å². The van der Waals surface area contributed by atoms with E-state index in [9.17, 15) is 0 Å². The van der Waals surface area contributed by atoms with Crippen molar-refractivity contribution in [3.8, 4) is 0 Å². The van der Waals surface area contributed by atoms with Crippen molar-refractivity contribution in [3.63, 3.8) is 0 Å². The Morgan fingerprint density at radius 2 is 2.16 bits per heavy atom. The van der Waals surface area contributed by atoms with Gasteiger partial charge in [-0.05, 0) is 44.2 Å². The molecule has 0 radical (unpaired) electrons. The Hall–Kier alpha value is -1.28. The zero-order valence-corrected chi connectivity index (χ0v) is 11.9. The SMILES string of the molecule is CC(C)CC1(Cc2coc3ccccc23)CCCN1. The number of para-hydroxylation sites is 1. The van der Waals surface area contributed by atoms with Crippen LogP contribution >= 0.6 is 0 Å². The minimum absolute atomic E-state index is 0.279. The van der Waals surface area contributed by atoms with Gasteiger partial charge in [-0.1, -0.05) is 32.0 Å². The second-order valence-corrected chi connectivity index (χ2v) is 6.34. The molecule has 2 heteroatoms. The molecule has 2 heterocycles. The second kappa shape index (κ2) is 5.01. The second-order valence-electron chi connectivity index (χ2n) is 6.34. The molecule has 2 aromatic rings. The number of benzene rings is 1. The van der Waals surface area contributed by atoms with E-state index in [1.54, 1.807) is 0 Å². The van der Waals surface area contributed by atoms with Crippen LogP contribution in [0.1, 0.15) is 38.7 Å². The van der Waals surface area contributed by atoms with Crippen LogP contribution < -0.4 is 5.32 Å². The highest BCUT2D eigenvalue weighted by atomic mass is 16.3. The molecule has 1 aliphatic heterocycles. The third kappa shape index (κ3) is 2.55. The molecule has 1 N–H and O–H groups in total. The van der Waals surface area contributed by atoms with Crippen molar-refractivity contribution in [2.24, 2.45) is 5.92 Å². The summed E-state index contributed by atoms with van der Waals surface area (Å²) in [5.74, 6) is 0.726. The van der Waals surface area contributed by atoms with Crippen molar-refractivity contribution in [3.05, 3.63) is 36.1 Å². The first-order valence-corrected chi connectivity index (χ1v) is 7.39. The zero-order chi connectivity index (χ0) is 13.3. The molecule has 0 amide bonds. The lowest BCUT2D eigenvalue weighted by Gasteiger charge is -2.31. The van der Waals surface area contributed by atoms with Crippen LogP contribution in [-0.2, 0) is 6.42 Å². The summed E-state index contributed by atoms with van der Waals surface area (Å²) in [5, 5.41) is 5.04. The van der Waals surface area contributed by atoms with E-state index in [0.717, 1.165) is 24.5 Å². The fourth-order valence-electron chi connectivity index (χ4n) is 3.58. The van der Waals surface area contributed by atoms with Crippen molar-refractivity contribution < 1.29 is 4.42 Å². The molecule has 1 atom stereocenters. The summed E-state index contributed by atoms with van der Waals surface area (Å²) in [6, 6.07) is 8.36. The molecular formula is C17H23NO. The molecule has 0 saturated carbocycles. The fraction of sp³-hybridized carbons (Fsp3) is 0.529. The van der Waals surface area contributed by atoms with Gasteiger partial charge in [-0.15, -0.1) is 0 Å². The van der Waals surface area contributed by atoms with Gasteiger partial charge < -0.3 is 9.73 Å². The molecule has 102 valence electrons. The lowest BCUT2D eigenvalue weighted by Crippen LogP contribution is -2.43. The molecule has 1 unspecified atom stereocenters. The van der Waals surface area contributed by atoms with Gasteiger partial charge in [-0.3, -0.25) is 0 Å². The summed E-state index contributed by atoms with van der Waals surface area (Å²) in [4.78, 5) is 0. The Morgan fingerprint density at radius 3 is 2.89 bits per heavy atom. The predicted molar refractivity (Wildman–Crippen MR) is 79.3 cm³/mol. The Bertz CT molecular complexity index is 549. The van der Waals surface area contributed by atoms with Gasteiger partial charge in [0.05, 0.1) is 6.26 Å². The summed E-state index contributed by atoms with van der Waals surface area (Å²) in [6.45, 7) is 5.78. The number of hydrogen-bond donors (Lipinski definition) is 1. The van der Waals surface area contributed by atoms with Crippen LogP contribution in [0.2, 0.25) is 0 Å². The minimum Gasteiger partial charge on any atom is -0.464 e. The van der Waals surface area contributed by atoms with Gasteiger partial charge in [0.1, 0.15) is 5.58 Å². The Balaban J connectivity index is 1.89. The lowest BCUT2D eigenvalue weighted by molar-refractivity contribution is 0.301. The molecule has 3 rings (SSSR count). The van der Waals surface area contributed by atoms with Gasteiger partial charge in [0, 0.05) is 16.5 Å². The maximum absolute atomic E-state index is 5.68. The molecule has 1 aliphatic rings. The van der Waals surface area contributed by atoms with Crippen LogP contribution in [0.25, 0.3) is 11.0 Å². The number of hydrogen-bond acceptors (Lipinski definition) is 2. The van der Waals surface area contributed by atoms with Crippen LogP contribution in [0.15, 0.2) is 34.9 Å². The molecule has 0 bridgehead atoms. The van der Waals surface area contributed by atoms with E-state index < -0.39 is 0 Å². The summed E-state index contributed by atoms with van der Waals surface area (Å²) in [5.41, 5.74) is 2.64. The number of fused-ring (bicyclic) bond motifs is 1. The van der Waals surface area contributed by atoms with E-state index in [2.05, 4.69) is 37.4 Å². The Labute approximate surface area is 115 Å². The highest BCUT2D eigenvalue weighted by molar-refractivity contribution is 5.81. The highest BCUT2D eigenvalue weighted by Crippen LogP contribution is 2.33. The standard InChI is InChI=1S/C17H23NO/c1-13(2)10-17(8-5-9-18-17)11-14-12-19-16-7-4-3-6-15(14)16/h3-4,6-7,12-13,18H,5,8-11H2,1-2H3. The normalized spacial score (nSPS) is 23.5. The lowest BCUT2D eigenvalue weighted by atomic mass is 9.82. The molecule has 19 heavy (non-hydrogen) atoms. The first kappa shape index (κ1) is 12.7. The van der Waals surface area contributed by atoms with E-state index >= 15 is 0 Å². The number of rotatable bonds is 4. The minimum atomic E-state index is 0.279. The predicted octanol–water partition coefficient (Wildman–Crippen LogP) is 4.14. The van der Waals surface area contributed by atoms with Crippen molar-refractivity contribution in [1.29, 1.82) is 0 Å². The van der Waals surface area contributed by atoms with Crippen LogP contribution in [0, 0.1) is 5.92 Å². The monoisotopic (exact) mass is 257 g/mol. The van der Waals surface area contributed by atoms with E-state index in [-0.39, 0.29) is 5.54 Å². The van der Waals surface area contributed by atoms with E-state index in [1.807, 2.05) is 12.3 Å². The summed E-state index contributed by atoms with van der Waals surface area (Å²) < 4.78 is 5.68. The summed E-state index contributed by atoms with van der Waals surface area (Å²) in [7, 11) is 0. The van der Waals surface area contributed by atoms with Gasteiger partial charge >= 0.3 is 0 Å². The maximum atomic E-state index is 5.68. The zero-order valence-electron chi connectivity index (χ0n) is 11.9. The van der Waals surface area contributed by atoms with Crippen molar-refractivity contribution in [1.82, 2.24) is 5.32 Å². The smallest absolute Gasteiger partial charge is 0.134 e. The molecule has 1 saturated heterocycles. The van der Waals surface area contributed by atoms with Gasteiger partial charge in [-0.2, -0.15) is 0 Å². The Kier molecular flexibility index (Phi) is 3.36. The third-order valence-electron chi connectivity index (χ3n) is 4.22. The Morgan fingerprint density at radius 1 is 1.32 bits per heavy atom. The first-order chi connectivity index (χ1) is 9.19. The number of nitrogens with one attached hydrogen (secondary N) is 1. The average Bonchev–Trinajstić information content (AvgIpc) is 2.98. The molecule has 1 aromatic heterocycles. The van der Waals surface area contributed by atoms with Crippen LogP contribution in [0.3, 0.4) is 0 Å². The first-order valence-electron chi connectivity index (χ1n) is 7.39. The van der Waals surface area contributed by atoms with E-state index in [4.69, 9.17) is 4.42 Å². The molecule has 1 fully saturated rings. The van der Waals surface area contributed by atoms with E-state index in [0.29, 0.717) is 0 Å². The number of furan rings is 1. The largest absolute Gasteiger partial charge is 0.464 e. The van der Waals surface area contributed by atoms with Gasteiger partial charge in [0.2, 0.25) is 0 Å². The fourth-order valence-corrected chi connectivity index (χ4v) is 3.58. The highest BCUT2D eigenvalue weighted by Gasteiger charge is 2.34. The molecule has 1 aromatic carbocycles. The molecule has 0 spiro atoms. The van der Waals surface area contributed by atoms with Crippen molar-refractivity contribution >= 4 is 11.0 Å². The van der Waals surface area contributed by atoms with Crippen LogP contribution in [0.5, 0.6) is 0 Å². The van der Waals surface area contributed by atoms with Gasteiger partial charge in [0.25, 0.3) is 0 Å². The molecular weight excluding hydrogens is 234 g/mol. The third-order valence-corrected chi connectivity index (χ3v) is 4.22. The van der Waals surface area contributed by atoms with Gasteiger partial charge in [0.15, 0.2) is 0 Å². The van der Waals surface area contributed by atoms with E-state index in [1.165, 1.54) is 30.2 Å². The molecule has 0 aliphatic carbocycles. The van der Waals surface area contributed by atoms with Crippen molar-refractivity contribution in [2.45, 2.75) is 45.1 Å². The van der Waals surface area contributed by atoms with Gasteiger partial charge in [-0.25, -0.2) is 0 Å². The van der Waals surface area contributed by atoms with Crippen LogP contribution in [0.4, 0.5) is 0 Å². The maximum Gasteiger partial charge on any atom is 0.134 e. The summed E-state index contributed by atoms with van der Waals surface area (Å²) in [6.07, 6.45) is 6.86. The molecule has 2 nitrogen and oxygen atoms in total. The van der Waals surface area contributed by atoms with Crippen molar-refractivity contribution in [2.75, 3.05) is 6.54 Å².